The first kappa shape index (κ1) is 15.3. The van der Waals surface area contributed by atoms with E-state index in [2.05, 4.69) is 19.2 Å². The van der Waals surface area contributed by atoms with Crippen LogP contribution in [0.5, 0.6) is 0 Å². The molecule has 0 bridgehead atoms. The molecular weight excluding hydrogens is 206 g/mol. The minimum Gasteiger partial charge on any atom is -0.390 e. The van der Waals surface area contributed by atoms with Gasteiger partial charge in [0.15, 0.2) is 0 Å². The van der Waals surface area contributed by atoms with Crippen LogP contribution < -0.4 is 5.32 Å². The van der Waals surface area contributed by atoms with Crippen molar-refractivity contribution >= 4 is 11.8 Å². The second kappa shape index (κ2) is 8.43. The van der Waals surface area contributed by atoms with E-state index in [1.54, 1.807) is 0 Å². The molecule has 92 valence electrons. The summed E-state index contributed by atoms with van der Waals surface area (Å²) in [4.78, 5) is 0. The Bertz CT molecular complexity index is 145. The minimum atomic E-state index is -0.528. The molecule has 15 heavy (non-hydrogen) atoms. The molecule has 0 aliphatic heterocycles. The summed E-state index contributed by atoms with van der Waals surface area (Å²) in [6.45, 7) is 10.4. The topological polar surface area (TPSA) is 32.3 Å². The van der Waals surface area contributed by atoms with Crippen LogP contribution in [-0.4, -0.2) is 35.3 Å². The summed E-state index contributed by atoms with van der Waals surface area (Å²) in [6, 6.07) is 0. The van der Waals surface area contributed by atoms with E-state index in [1.807, 2.05) is 25.6 Å². The van der Waals surface area contributed by atoms with Gasteiger partial charge < -0.3 is 10.4 Å². The van der Waals surface area contributed by atoms with Gasteiger partial charge in [0.05, 0.1) is 5.60 Å². The Morgan fingerprint density at radius 3 is 2.60 bits per heavy atom. The lowest BCUT2D eigenvalue weighted by Gasteiger charge is -2.16. The molecule has 0 heterocycles. The van der Waals surface area contributed by atoms with Crippen LogP contribution in [0.25, 0.3) is 0 Å². The number of aliphatic hydroxyl groups is 1. The quantitative estimate of drug-likeness (QED) is 0.600. The van der Waals surface area contributed by atoms with Gasteiger partial charge in [-0.3, -0.25) is 0 Å². The van der Waals surface area contributed by atoms with E-state index in [-0.39, 0.29) is 0 Å². The Kier molecular flexibility index (Phi) is 8.58. The summed E-state index contributed by atoms with van der Waals surface area (Å²) in [5.74, 6) is 2.69. The van der Waals surface area contributed by atoms with Crippen molar-refractivity contribution in [3.63, 3.8) is 0 Å². The van der Waals surface area contributed by atoms with Crippen molar-refractivity contribution < 1.29 is 5.11 Å². The van der Waals surface area contributed by atoms with Crippen LogP contribution >= 0.6 is 11.8 Å². The Hall–Kier alpha value is 0.270. The average Bonchev–Trinajstić information content (AvgIpc) is 2.09. The molecule has 2 N–H and O–H groups in total. The van der Waals surface area contributed by atoms with Crippen molar-refractivity contribution in [1.29, 1.82) is 0 Å². The SMILES string of the molecule is CCCC(C)CNCCSCC(C)(C)O. The fraction of sp³-hybridized carbons (Fsp3) is 1.00. The maximum Gasteiger partial charge on any atom is 0.0681 e. The summed E-state index contributed by atoms with van der Waals surface area (Å²) in [6.07, 6.45) is 2.58. The number of rotatable bonds is 9. The van der Waals surface area contributed by atoms with Crippen molar-refractivity contribution in [3.05, 3.63) is 0 Å². The van der Waals surface area contributed by atoms with E-state index in [1.165, 1.54) is 12.8 Å². The molecule has 0 aromatic heterocycles. The lowest BCUT2D eigenvalue weighted by molar-refractivity contribution is 0.107. The van der Waals surface area contributed by atoms with Gasteiger partial charge in [0.1, 0.15) is 0 Å². The first-order valence-corrected chi connectivity index (χ1v) is 7.12. The van der Waals surface area contributed by atoms with Crippen molar-refractivity contribution in [2.24, 2.45) is 5.92 Å². The Labute approximate surface area is 99.2 Å². The molecule has 0 saturated heterocycles. The maximum atomic E-state index is 9.49. The van der Waals surface area contributed by atoms with E-state index in [9.17, 15) is 5.11 Å². The van der Waals surface area contributed by atoms with E-state index in [0.29, 0.717) is 0 Å². The van der Waals surface area contributed by atoms with Gasteiger partial charge in [0, 0.05) is 18.1 Å². The summed E-state index contributed by atoms with van der Waals surface area (Å²) in [7, 11) is 0. The third-order valence-corrected chi connectivity index (χ3v) is 3.56. The predicted octanol–water partition coefficient (Wildman–Crippen LogP) is 2.52. The Balaban J connectivity index is 3.18. The average molecular weight is 233 g/mol. The molecule has 0 amide bonds. The van der Waals surface area contributed by atoms with Crippen LogP contribution in [0.1, 0.15) is 40.5 Å². The smallest absolute Gasteiger partial charge is 0.0681 e. The van der Waals surface area contributed by atoms with Crippen LogP contribution in [0.2, 0.25) is 0 Å². The summed E-state index contributed by atoms with van der Waals surface area (Å²) < 4.78 is 0. The fourth-order valence-electron chi connectivity index (χ4n) is 1.41. The molecule has 0 fully saturated rings. The van der Waals surface area contributed by atoms with Crippen molar-refractivity contribution in [2.45, 2.75) is 46.1 Å². The molecule has 1 atom stereocenters. The van der Waals surface area contributed by atoms with Crippen molar-refractivity contribution in [1.82, 2.24) is 5.32 Å². The largest absolute Gasteiger partial charge is 0.390 e. The molecule has 3 heteroatoms. The van der Waals surface area contributed by atoms with Gasteiger partial charge in [-0.2, -0.15) is 11.8 Å². The number of hydrogen-bond acceptors (Lipinski definition) is 3. The van der Waals surface area contributed by atoms with Crippen LogP contribution in [0.4, 0.5) is 0 Å². The zero-order valence-electron chi connectivity index (χ0n) is 10.7. The lowest BCUT2D eigenvalue weighted by Crippen LogP contribution is -2.26. The zero-order valence-corrected chi connectivity index (χ0v) is 11.5. The zero-order chi connectivity index (χ0) is 11.7. The normalized spacial score (nSPS) is 14.2. The third-order valence-electron chi connectivity index (χ3n) is 2.15. The summed E-state index contributed by atoms with van der Waals surface area (Å²) in [5, 5.41) is 12.9. The molecule has 0 saturated carbocycles. The highest BCUT2D eigenvalue weighted by atomic mass is 32.2. The van der Waals surface area contributed by atoms with Crippen LogP contribution in [0, 0.1) is 5.92 Å². The maximum absolute atomic E-state index is 9.49. The summed E-state index contributed by atoms with van der Waals surface area (Å²) in [5.41, 5.74) is -0.528. The van der Waals surface area contributed by atoms with Gasteiger partial charge in [-0.05, 0) is 32.7 Å². The molecule has 1 unspecified atom stereocenters. The Morgan fingerprint density at radius 1 is 1.40 bits per heavy atom. The van der Waals surface area contributed by atoms with Gasteiger partial charge in [-0.1, -0.05) is 20.3 Å². The number of nitrogens with one attached hydrogen (secondary N) is 1. The molecular formula is C12H27NOS. The third kappa shape index (κ3) is 12.2. The molecule has 0 aliphatic rings. The van der Waals surface area contributed by atoms with Crippen molar-refractivity contribution in [3.8, 4) is 0 Å². The van der Waals surface area contributed by atoms with Gasteiger partial charge in [0.2, 0.25) is 0 Å². The van der Waals surface area contributed by atoms with Crippen LogP contribution in [0.15, 0.2) is 0 Å². The van der Waals surface area contributed by atoms with Crippen LogP contribution in [0.3, 0.4) is 0 Å². The minimum absolute atomic E-state index is 0.528. The first-order valence-electron chi connectivity index (χ1n) is 5.96. The molecule has 0 spiro atoms. The van der Waals surface area contributed by atoms with Crippen molar-refractivity contribution in [2.75, 3.05) is 24.6 Å². The highest BCUT2D eigenvalue weighted by Crippen LogP contribution is 2.11. The summed E-state index contributed by atoms with van der Waals surface area (Å²) >= 11 is 1.81. The van der Waals surface area contributed by atoms with E-state index in [0.717, 1.165) is 30.5 Å². The highest BCUT2D eigenvalue weighted by Gasteiger charge is 2.11. The van der Waals surface area contributed by atoms with E-state index < -0.39 is 5.60 Å². The molecule has 0 rings (SSSR count). The second-order valence-corrected chi connectivity index (χ2v) is 6.07. The van der Waals surface area contributed by atoms with E-state index >= 15 is 0 Å². The van der Waals surface area contributed by atoms with Gasteiger partial charge in [-0.15, -0.1) is 0 Å². The van der Waals surface area contributed by atoms with Gasteiger partial charge >= 0.3 is 0 Å². The molecule has 2 nitrogen and oxygen atoms in total. The second-order valence-electron chi connectivity index (χ2n) is 4.96. The predicted molar refractivity (Wildman–Crippen MR) is 70.6 cm³/mol. The highest BCUT2D eigenvalue weighted by molar-refractivity contribution is 7.99. The molecule has 0 aliphatic carbocycles. The lowest BCUT2D eigenvalue weighted by atomic mass is 10.1. The first-order chi connectivity index (χ1) is 6.95. The standard InChI is InChI=1S/C12H27NOS/c1-5-6-11(2)9-13-7-8-15-10-12(3,4)14/h11,13-14H,5-10H2,1-4H3. The molecule has 0 aromatic rings. The molecule has 0 aromatic carbocycles. The van der Waals surface area contributed by atoms with E-state index in [4.69, 9.17) is 0 Å². The number of thioether (sulfide) groups is 1. The number of hydrogen-bond donors (Lipinski definition) is 2. The fourth-order valence-corrected chi connectivity index (χ4v) is 2.34. The van der Waals surface area contributed by atoms with Crippen LogP contribution in [-0.2, 0) is 0 Å². The van der Waals surface area contributed by atoms with Gasteiger partial charge in [0.25, 0.3) is 0 Å². The monoisotopic (exact) mass is 233 g/mol. The molecule has 0 radical (unpaired) electrons. The van der Waals surface area contributed by atoms with Gasteiger partial charge in [-0.25, -0.2) is 0 Å². The Morgan fingerprint density at radius 2 is 2.07 bits per heavy atom.